The largest absolute Gasteiger partial charge is 0.456 e. The predicted molar refractivity (Wildman–Crippen MR) is 56.4 cm³/mol. The summed E-state index contributed by atoms with van der Waals surface area (Å²) in [6.45, 7) is 7.95. The van der Waals surface area contributed by atoms with Crippen LogP contribution in [0.3, 0.4) is 0 Å². The number of hydrogen-bond acceptors (Lipinski definition) is 3. The monoisotopic (exact) mass is 210 g/mol. The number of carbonyl (C=O) groups is 1. The van der Waals surface area contributed by atoms with Gasteiger partial charge >= 0.3 is 5.97 Å². The molecule has 0 aromatic carbocycles. The van der Waals surface area contributed by atoms with Gasteiger partial charge in [0.2, 0.25) is 0 Å². The molecule has 2 rings (SSSR count). The van der Waals surface area contributed by atoms with Gasteiger partial charge in [0.05, 0.1) is 12.0 Å². The van der Waals surface area contributed by atoms with Crippen molar-refractivity contribution in [1.29, 1.82) is 0 Å². The zero-order valence-corrected chi connectivity index (χ0v) is 9.41. The molecule has 0 bridgehead atoms. The molecule has 1 unspecified atom stereocenters. The van der Waals surface area contributed by atoms with Crippen LogP contribution in [-0.4, -0.2) is 23.3 Å². The van der Waals surface area contributed by atoms with Crippen LogP contribution in [0.2, 0.25) is 0 Å². The summed E-state index contributed by atoms with van der Waals surface area (Å²) in [6.07, 6.45) is 4.63. The molecule has 2 heterocycles. The van der Waals surface area contributed by atoms with Crippen LogP contribution in [0.25, 0.3) is 0 Å². The van der Waals surface area contributed by atoms with Crippen molar-refractivity contribution in [3.05, 3.63) is 12.7 Å². The molecule has 3 atom stereocenters. The summed E-state index contributed by atoms with van der Waals surface area (Å²) in [7, 11) is 0. The molecule has 2 aliphatic heterocycles. The third kappa shape index (κ3) is 1.41. The van der Waals surface area contributed by atoms with E-state index in [1.807, 2.05) is 13.0 Å². The molecule has 0 saturated carbocycles. The summed E-state index contributed by atoms with van der Waals surface area (Å²) in [5.74, 6) is -0.129. The first kappa shape index (κ1) is 10.7. The quantitative estimate of drug-likeness (QED) is 0.529. The highest BCUT2D eigenvalue weighted by Gasteiger charge is 2.59. The maximum atomic E-state index is 11.3. The maximum absolute atomic E-state index is 11.3. The molecule has 0 spiro atoms. The lowest BCUT2D eigenvalue weighted by atomic mass is 9.85. The Bertz CT molecular complexity index is 299. The first-order chi connectivity index (χ1) is 7.10. The summed E-state index contributed by atoms with van der Waals surface area (Å²) in [5.41, 5.74) is -0.678. The number of rotatable bonds is 3. The van der Waals surface area contributed by atoms with Gasteiger partial charge in [-0.1, -0.05) is 19.9 Å². The van der Waals surface area contributed by atoms with Gasteiger partial charge in [0.15, 0.2) is 0 Å². The third-order valence-electron chi connectivity index (χ3n) is 3.80. The number of carbonyl (C=O) groups excluding carboxylic acids is 1. The Morgan fingerprint density at radius 2 is 2.27 bits per heavy atom. The Morgan fingerprint density at radius 1 is 1.53 bits per heavy atom. The molecule has 15 heavy (non-hydrogen) atoms. The van der Waals surface area contributed by atoms with E-state index in [4.69, 9.17) is 9.47 Å². The average Bonchev–Trinajstić information content (AvgIpc) is 2.68. The molecule has 2 saturated heterocycles. The molecule has 0 amide bonds. The fourth-order valence-electron chi connectivity index (χ4n) is 2.70. The van der Waals surface area contributed by atoms with Crippen molar-refractivity contribution >= 4 is 5.97 Å². The van der Waals surface area contributed by atoms with Gasteiger partial charge in [-0.2, -0.15) is 0 Å². The Hall–Kier alpha value is -0.830. The van der Waals surface area contributed by atoms with Crippen LogP contribution < -0.4 is 0 Å². The lowest BCUT2D eigenvalue weighted by molar-refractivity contribution is -0.149. The van der Waals surface area contributed by atoms with E-state index >= 15 is 0 Å². The van der Waals surface area contributed by atoms with Crippen molar-refractivity contribution in [1.82, 2.24) is 0 Å². The van der Waals surface area contributed by atoms with Crippen molar-refractivity contribution in [2.75, 3.05) is 0 Å². The van der Waals surface area contributed by atoms with Gasteiger partial charge in [-0.25, -0.2) is 0 Å². The van der Waals surface area contributed by atoms with Crippen molar-refractivity contribution in [3.63, 3.8) is 0 Å². The van der Waals surface area contributed by atoms with E-state index in [-0.39, 0.29) is 23.3 Å². The maximum Gasteiger partial charge on any atom is 0.309 e. The van der Waals surface area contributed by atoms with Gasteiger partial charge in [0, 0.05) is 6.42 Å². The fourth-order valence-corrected chi connectivity index (χ4v) is 2.70. The lowest BCUT2D eigenvalue weighted by Crippen LogP contribution is -2.34. The summed E-state index contributed by atoms with van der Waals surface area (Å²) in [5, 5.41) is 0. The zero-order valence-electron chi connectivity index (χ0n) is 9.41. The van der Waals surface area contributed by atoms with E-state index in [1.54, 1.807) is 0 Å². The van der Waals surface area contributed by atoms with E-state index in [9.17, 15) is 4.79 Å². The number of fused-ring (bicyclic) bond motifs is 1. The highest BCUT2D eigenvalue weighted by molar-refractivity contribution is 5.73. The van der Waals surface area contributed by atoms with Crippen LogP contribution >= 0.6 is 0 Å². The van der Waals surface area contributed by atoms with Crippen LogP contribution in [0.5, 0.6) is 0 Å². The van der Waals surface area contributed by atoms with Crippen LogP contribution in [0.4, 0.5) is 0 Å². The van der Waals surface area contributed by atoms with Gasteiger partial charge in [-0.3, -0.25) is 4.79 Å². The fraction of sp³-hybridized carbons (Fsp3) is 0.750. The summed E-state index contributed by atoms with van der Waals surface area (Å²) < 4.78 is 11.4. The second-order valence-electron chi connectivity index (χ2n) is 4.50. The van der Waals surface area contributed by atoms with E-state index < -0.39 is 0 Å². The smallest absolute Gasteiger partial charge is 0.309 e. The minimum Gasteiger partial charge on any atom is -0.456 e. The molecule has 2 aliphatic rings. The highest BCUT2D eigenvalue weighted by Crippen LogP contribution is 2.49. The molecule has 0 aromatic heterocycles. The summed E-state index contributed by atoms with van der Waals surface area (Å²) in [4.78, 5) is 11.3. The van der Waals surface area contributed by atoms with E-state index in [1.165, 1.54) is 0 Å². The molecule has 3 nitrogen and oxygen atoms in total. The molecule has 84 valence electrons. The summed E-state index contributed by atoms with van der Waals surface area (Å²) >= 11 is 0. The van der Waals surface area contributed by atoms with Gasteiger partial charge in [0.1, 0.15) is 11.7 Å². The molecule has 3 heteroatoms. The van der Waals surface area contributed by atoms with Gasteiger partial charge < -0.3 is 9.47 Å². The Labute approximate surface area is 90.4 Å². The number of ether oxygens (including phenoxy) is 2. The second kappa shape index (κ2) is 3.34. The first-order valence-electron chi connectivity index (χ1n) is 5.63. The van der Waals surface area contributed by atoms with Crippen LogP contribution in [-0.2, 0) is 14.3 Å². The molecule has 0 radical (unpaired) electrons. The van der Waals surface area contributed by atoms with E-state index in [0.29, 0.717) is 6.42 Å². The van der Waals surface area contributed by atoms with Crippen LogP contribution in [0.15, 0.2) is 12.7 Å². The van der Waals surface area contributed by atoms with Crippen LogP contribution in [0, 0.1) is 0 Å². The normalized spacial score (nSPS) is 43.9. The van der Waals surface area contributed by atoms with Gasteiger partial charge in [0.25, 0.3) is 0 Å². The Balaban J connectivity index is 2.27. The van der Waals surface area contributed by atoms with Crippen LogP contribution in [0.1, 0.15) is 39.5 Å². The Morgan fingerprint density at radius 3 is 2.73 bits per heavy atom. The topological polar surface area (TPSA) is 35.5 Å². The minimum atomic E-state index is -0.388. The first-order valence-corrected chi connectivity index (χ1v) is 5.63. The third-order valence-corrected chi connectivity index (χ3v) is 3.80. The van der Waals surface area contributed by atoms with E-state index in [0.717, 1.165) is 19.3 Å². The SMILES string of the molecule is C=CC1(CC)C[C@@]2(CC)OC(=O)C[C@H]2O1. The Kier molecular flexibility index (Phi) is 2.38. The van der Waals surface area contributed by atoms with E-state index in [2.05, 4.69) is 13.5 Å². The average molecular weight is 210 g/mol. The van der Waals surface area contributed by atoms with Crippen molar-refractivity contribution in [3.8, 4) is 0 Å². The predicted octanol–water partition coefficient (Wildman–Crippen LogP) is 2.21. The minimum absolute atomic E-state index is 0.0760. The van der Waals surface area contributed by atoms with Crippen molar-refractivity contribution < 1.29 is 14.3 Å². The molecule has 0 aromatic rings. The van der Waals surface area contributed by atoms with Gasteiger partial charge in [-0.15, -0.1) is 6.58 Å². The molecular weight excluding hydrogens is 192 g/mol. The number of hydrogen-bond donors (Lipinski definition) is 0. The molecular formula is C12H18O3. The summed E-state index contributed by atoms with van der Waals surface area (Å²) in [6, 6.07) is 0. The molecule has 0 aliphatic carbocycles. The van der Waals surface area contributed by atoms with Crippen molar-refractivity contribution in [2.24, 2.45) is 0 Å². The second-order valence-corrected chi connectivity index (χ2v) is 4.50. The number of esters is 1. The molecule has 2 fully saturated rings. The molecule has 0 N–H and O–H groups in total. The lowest BCUT2D eigenvalue weighted by Gasteiger charge is -2.26. The highest BCUT2D eigenvalue weighted by atomic mass is 16.6. The van der Waals surface area contributed by atoms with Gasteiger partial charge in [-0.05, 0) is 12.8 Å². The van der Waals surface area contributed by atoms with Crippen molar-refractivity contribution in [2.45, 2.75) is 56.8 Å². The standard InChI is InChI=1S/C12H18O3/c1-4-11(5-2)8-12(6-3)9(14-11)7-10(13)15-12/h4,9H,1,5-8H2,2-3H3/t9-,11?,12-/m1/s1. The zero-order chi connectivity index (χ0) is 11.1.